The molecule has 1 atom stereocenters. The average Bonchev–Trinajstić information content (AvgIpc) is 2.10. The minimum atomic E-state index is 0.113. The molecule has 0 heterocycles. The Morgan fingerprint density at radius 1 is 1.70 bits per heavy atom. The van der Waals surface area contributed by atoms with E-state index >= 15 is 0 Å². The molecule has 1 aliphatic carbocycles. The molecule has 0 aromatic heterocycles. The van der Waals surface area contributed by atoms with Gasteiger partial charge in [0.15, 0.2) is 0 Å². The fourth-order valence-corrected chi connectivity index (χ4v) is 1.38. The van der Waals surface area contributed by atoms with E-state index < -0.39 is 0 Å². The molecule has 0 aliphatic heterocycles. The van der Waals surface area contributed by atoms with E-state index in [2.05, 4.69) is 26.8 Å². The van der Waals surface area contributed by atoms with Gasteiger partial charge in [-0.2, -0.15) is 0 Å². The summed E-state index contributed by atoms with van der Waals surface area (Å²) in [6, 6.07) is 0. The summed E-state index contributed by atoms with van der Waals surface area (Å²) in [6.45, 7) is 6.36. The van der Waals surface area contributed by atoms with Crippen LogP contribution in [0.1, 0.15) is 27.2 Å². The summed E-state index contributed by atoms with van der Waals surface area (Å²) >= 11 is 0. The molecule has 0 radical (unpaired) electrons. The van der Waals surface area contributed by atoms with Crippen molar-refractivity contribution < 1.29 is 4.79 Å². The van der Waals surface area contributed by atoms with Gasteiger partial charge in [0.25, 0.3) is 0 Å². The summed E-state index contributed by atoms with van der Waals surface area (Å²) in [5.41, 5.74) is 1.46. The van der Waals surface area contributed by atoms with Crippen LogP contribution < -0.4 is 0 Å². The monoisotopic (exact) mass is 138 g/mol. The third kappa shape index (κ3) is 0.898. The van der Waals surface area contributed by atoms with E-state index in [1.165, 1.54) is 5.57 Å². The molecule has 0 N–H and O–H groups in total. The van der Waals surface area contributed by atoms with Crippen LogP contribution in [0.2, 0.25) is 0 Å². The molecular formula is C9H14O. The Kier molecular flexibility index (Phi) is 1.67. The Morgan fingerprint density at radius 3 is 2.50 bits per heavy atom. The van der Waals surface area contributed by atoms with Gasteiger partial charge in [-0.3, -0.25) is 0 Å². The maximum atomic E-state index is 10.5. The molecule has 0 amide bonds. The topological polar surface area (TPSA) is 17.1 Å². The first-order chi connectivity index (χ1) is 4.59. The molecule has 0 spiro atoms. The number of allylic oxidation sites excluding steroid dienone is 2. The fourth-order valence-electron chi connectivity index (χ4n) is 1.38. The molecule has 0 aromatic rings. The van der Waals surface area contributed by atoms with Crippen molar-refractivity contribution in [3.8, 4) is 0 Å². The number of hydrogen-bond donors (Lipinski definition) is 0. The smallest absolute Gasteiger partial charge is 0.124 e. The van der Waals surface area contributed by atoms with Gasteiger partial charge in [0.1, 0.15) is 6.29 Å². The van der Waals surface area contributed by atoms with Crippen LogP contribution >= 0.6 is 0 Å². The lowest BCUT2D eigenvalue weighted by atomic mass is 9.79. The van der Waals surface area contributed by atoms with Crippen LogP contribution in [0, 0.1) is 11.3 Å². The van der Waals surface area contributed by atoms with E-state index in [1.54, 1.807) is 0 Å². The SMILES string of the molecule is CC1=CCC(C=O)C1(C)C. The van der Waals surface area contributed by atoms with Gasteiger partial charge in [0, 0.05) is 5.92 Å². The zero-order valence-corrected chi connectivity index (χ0v) is 6.85. The van der Waals surface area contributed by atoms with E-state index in [9.17, 15) is 4.79 Å². The zero-order valence-electron chi connectivity index (χ0n) is 6.85. The first kappa shape index (κ1) is 7.52. The van der Waals surface area contributed by atoms with Crippen LogP contribution in [-0.2, 0) is 4.79 Å². The van der Waals surface area contributed by atoms with Gasteiger partial charge in [-0.1, -0.05) is 25.5 Å². The number of hydrogen-bond acceptors (Lipinski definition) is 1. The van der Waals surface area contributed by atoms with Gasteiger partial charge in [0.05, 0.1) is 0 Å². The predicted octanol–water partition coefficient (Wildman–Crippen LogP) is 2.18. The van der Waals surface area contributed by atoms with Crippen molar-refractivity contribution in [2.75, 3.05) is 0 Å². The molecule has 1 aliphatic rings. The van der Waals surface area contributed by atoms with Crippen LogP contribution in [0.25, 0.3) is 0 Å². The highest BCUT2D eigenvalue weighted by Gasteiger charge is 2.34. The number of carbonyl (C=O) groups is 1. The summed E-state index contributed by atoms with van der Waals surface area (Å²) in [7, 11) is 0. The number of carbonyl (C=O) groups excluding carboxylic acids is 1. The molecule has 1 rings (SSSR count). The van der Waals surface area contributed by atoms with E-state index in [4.69, 9.17) is 0 Å². The van der Waals surface area contributed by atoms with E-state index in [0.29, 0.717) is 0 Å². The van der Waals surface area contributed by atoms with Gasteiger partial charge in [-0.25, -0.2) is 0 Å². The van der Waals surface area contributed by atoms with Crippen molar-refractivity contribution in [2.45, 2.75) is 27.2 Å². The Bertz CT molecular complexity index is 177. The van der Waals surface area contributed by atoms with E-state index in [0.717, 1.165) is 12.7 Å². The van der Waals surface area contributed by atoms with Crippen LogP contribution in [0.15, 0.2) is 11.6 Å². The zero-order chi connectivity index (χ0) is 7.78. The third-order valence-electron chi connectivity index (χ3n) is 2.79. The van der Waals surface area contributed by atoms with Gasteiger partial charge in [-0.05, 0) is 18.8 Å². The fraction of sp³-hybridized carbons (Fsp3) is 0.667. The average molecular weight is 138 g/mol. The molecule has 1 unspecified atom stereocenters. The second kappa shape index (κ2) is 2.22. The lowest BCUT2D eigenvalue weighted by Gasteiger charge is -2.24. The summed E-state index contributed by atoms with van der Waals surface area (Å²) in [6.07, 6.45) is 4.18. The Balaban J connectivity index is 2.83. The molecular weight excluding hydrogens is 124 g/mol. The lowest BCUT2D eigenvalue weighted by Crippen LogP contribution is -2.21. The third-order valence-corrected chi connectivity index (χ3v) is 2.79. The van der Waals surface area contributed by atoms with Crippen molar-refractivity contribution >= 4 is 6.29 Å². The maximum Gasteiger partial charge on any atom is 0.124 e. The maximum absolute atomic E-state index is 10.5. The Labute approximate surface area is 62.1 Å². The summed E-state index contributed by atoms with van der Waals surface area (Å²) in [5.74, 6) is 0.215. The molecule has 0 bridgehead atoms. The van der Waals surface area contributed by atoms with Crippen molar-refractivity contribution in [1.82, 2.24) is 0 Å². The van der Waals surface area contributed by atoms with Crippen LogP contribution in [0.5, 0.6) is 0 Å². The highest BCUT2D eigenvalue weighted by Crippen LogP contribution is 2.41. The van der Waals surface area contributed by atoms with Crippen molar-refractivity contribution in [3.63, 3.8) is 0 Å². The highest BCUT2D eigenvalue weighted by molar-refractivity contribution is 5.58. The van der Waals surface area contributed by atoms with Crippen LogP contribution in [0.4, 0.5) is 0 Å². The molecule has 0 fully saturated rings. The second-order valence-electron chi connectivity index (χ2n) is 3.59. The van der Waals surface area contributed by atoms with Gasteiger partial charge >= 0.3 is 0 Å². The quantitative estimate of drug-likeness (QED) is 0.401. The van der Waals surface area contributed by atoms with Crippen molar-refractivity contribution in [1.29, 1.82) is 0 Å². The summed E-state index contributed by atoms with van der Waals surface area (Å²) < 4.78 is 0. The molecule has 0 aromatic carbocycles. The second-order valence-corrected chi connectivity index (χ2v) is 3.59. The van der Waals surface area contributed by atoms with Gasteiger partial charge in [-0.15, -0.1) is 0 Å². The molecule has 0 saturated heterocycles. The molecule has 1 heteroatoms. The Hall–Kier alpha value is -0.590. The highest BCUT2D eigenvalue weighted by atomic mass is 16.1. The first-order valence-electron chi connectivity index (χ1n) is 3.71. The lowest BCUT2D eigenvalue weighted by molar-refractivity contribution is -0.113. The molecule has 56 valence electrons. The largest absolute Gasteiger partial charge is 0.303 e. The standard InChI is InChI=1S/C9H14O/c1-7-4-5-8(6-10)9(7,2)3/h4,6,8H,5H2,1-3H3. The first-order valence-corrected chi connectivity index (χ1v) is 3.71. The van der Waals surface area contributed by atoms with E-state index in [1.807, 2.05) is 0 Å². The van der Waals surface area contributed by atoms with Gasteiger partial charge in [0.2, 0.25) is 0 Å². The van der Waals surface area contributed by atoms with Crippen LogP contribution in [-0.4, -0.2) is 6.29 Å². The Morgan fingerprint density at radius 2 is 2.30 bits per heavy atom. The molecule has 0 saturated carbocycles. The number of aldehydes is 1. The van der Waals surface area contributed by atoms with Crippen molar-refractivity contribution in [2.24, 2.45) is 11.3 Å². The number of rotatable bonds is 1. The van der Waals surface area contributed by atoms with E-state index in [-0.39, 0.29) is 11.3 Å². The molecule has 1 nitrogen and oxygen atoms in total. The minimum absolute atomic E-state index is 0.113. The molecule has 10 heavy (non-hydrogen) atoms. The predicted molar refractivity (Wildman–Crippen MR) is 41.7 cm³/mol. The van der Waals surface area contributed by atoms with Crippen LogP contribution in [0.3, 0.4) is 0 Å². The normalized spacial score (nSPS) is 29.9. The van der Waals surface area contributed by atoms with Crippen molar-refractivity contribution in [3.05, 3.63) is 11.6 Å². The summed E-state index contributed by atoms with van der Waals surface area (Å²) in [5, 5.41) is 0. The van der Waals surface area contributed by atoms with Gasteiger partial charge < -0.3 is 4.79 Å². The summed E-state index contributed by atoms with van der Waals surface area (Å²) in [4.78, 5) is 10.5. The minimum Gasteiger partial charge on any atom is -0.303 e.